The summed E-state index contributed by atoms with van der Waals surface area (Å²) in [4.78, 5) is 50.6. The Bertz CT molecular complexity index is 1530. The minimum atomic E-state index is -1.25. The highest BCUT2D eigenvalue weighted by atomic mass is 35.5. The third kappa shape index (κ3) is 6.55. The van der Waals surface area contributed by atoms with Crippen LogP contribution in [0.2, 0.25) is 10.0 Å². The number of aromatic nitrogens is 4. The molecular weight excluding hydrogens is 549 g/mol. The molecule has 0 saturated carbocycles. The van der Waals surface area contributed by atoms with E-state index in [4.69, 9.17) is 23.2 Å². The first kappa shape index (κ1) is 27.2. The first-order chi connectivity index (χ1) is 18.7. The van der Waals surface area contributed by atoms with Gasteiger partial charge in [0.05, 0.1) is 32.7 Å². The first-order valence-corrected chi connectivity index (χ1v) is 12.0. The van der Waals surface area contributed by atoms with Crippen molar-refractivity contribution in [3.63, 3.8) is 0 Å². The van der Waals surface area contributed by atoms with Crippen LogP contribution >= 0.6 is 23.2 Å². The molecule has 14 heteroatoms. The van der Waals surface area contributed by atoms with E-state index in [0.717, 1.165) is 0 Å². The molecule has 198 valence electrons. The molecule has 0 aliphatic heterocycles. The van der Waals surface area contributed by atoms with Gasteiger partial charge in [-0.1, -0.05) is 65.7 Å². The van der Waals surface area contributed by atoms with Gasteiger partial charge in [-0.05, 0) is 40.3 Å². The number of para-hydroxylation sites is 1. The fraction of sp³-hybridized carbons (Fsp3) is 0.0800. The Morgan fingerprint density at radius 2 is 1.62 bits per heavy atom. The van der Waals surface area contributed by atoms with E-state index < -0.39 is 29.7 Å². The van der Waals surface area contributed by atoms with Crippen LogP contribution in [0.5, 0.6) is 0 Å². The third-order valence-corrected chi connectivity index (χ3v) is 6.24. The van der Waals surface area contributed by atoms with Gasteiger partial charge in [-0.15, -0.1) is 5.10 Å². The molecule has 0 fully saturated rings. The maximum absolute atomic E-state index is 13.2. The lowest BCUT2D eigenvalue weighted by Gasteiger charge is -2.20. The second kappa shape index (κ2) is 12.2. The third-order valence-electron chi connectivity index (χ3n) is 5.43. The number of carbonyl (C=O) groups excluding carboxylic acids is 3. The Morgan fingerprint density at radius 1 is 0.897 bits per heavy atom. The van der Waals surface area contributed by atoms with Crippen LogP contribution in [0, 0.1) is 0 Å². The summed E-state index contributed by atoms with van der Waals surface area (Å²) in [6, 6.07) is 16.3. The average molecular weight is 568 g/mol. The van der Waals surface area contributed by atoms with E-state index in [1.807, 2.05) is 0 Å². The van der Waals surface area contributed by atoms with Gasteiger partial charge in [0.25, 0.3) is 0 Å². The summed E-state index contributed by atoms with van der Waals surface area (Å²) in [5.74, 6) is -4.28. The van der Waals surface area contributed by atoms with Crippen molar-refractivity contribution >= 4 is 58.3 Å². The molecule has 0 aliphatic carbocycles. The second-order valence-corrected chi connectivity index (χ2v) is 8.80. The van der Waals surface area contributed by atoms with Crippen molar-refractivity contribution in [3.05, 3.63) is 94.2 Å². The summed E-state index contributed by atoms with van der Waals surface area (Å²) in [5, 5.41) is 27.6. The second-order valence-electron chi connectivity index (χ2n) is 8.02. The molecule has 1 unspecified atom stereocenters. The summed E-state index contributed by atoms with van der Waals surface area (Å²) in [7, 11) is 0. The van der Waals surface area contributed by atoms with Gasteiger partial charge in [-0.2, -0.15) is 4.68 Å². The van der Waals surface area contributed by atoms with E-state index in [2.05, 4.69) is 31.5 Å². The van der Waals surface area contributed by atoms with Crippen LogP contribution in [0.25, 0.3) is 5.69 Å². The molecule has 4 aromatic rings. The Morgan fingerprint density at radius 3 is 2.31 bits per heavy atom. The quantitative estimate of drug-likeness (QED) is 0.235. The number of carboxylic acids is 1. The fourth-order valence-corrected chi connectivity index (χ4v) is 3.94. The first-order valence-electron chi connectivity index (χ1n) is 11.2. The summed E-state index contributed by atoms with van der Waals surface area (Å²) >= 11 is 12.4. The molecule has 4 rings (SSSR count). The van der Waals surface area contributed by atoms with Crippen LogP contribution in [-0.2, 0) is 20.8 Å². The van der Waals surface area contributed by atoms with Gasteiger partial charge in [-0.25, -0.2) is 4.79 Å². The molecule has 39 heavy (non-hydrogen) atoms. The van der Waals surface area contributed by atoms with Crippen LogP contribution in [0.3, 0.4) is 0 Å². The van der Waals surface area contributed by atoms with Crippen LogP contribution in [0.4, 0.5) is 11.4 Å². The minimum absolute atomic E-state index is 0.00866. The number of carbonyl (C=O) groups is 4. The Labute approximate surface area is 230 Å². The van der Waals surface area contributed by atoms with Crippen LogP contribution in [-0.4, -0.2) is 55.0 Å². The summed E-state index contributed by atoms with van der Waals surface area (Å²) in [6.45, 7) is 0. The molecule has 1 aromatic heterocycles. The number of hydrogen-bond acceptors (Lipinski definition) is 7. The summed E-state index contributed by atoms with van der Waals surface area (Å²) < 4.78 is 1.21. The SMILES string of the molecule is O=C(Nc1c(-n2cnnn2)ccc(Cl)c1Cl)C(=O)NC(Cc1ccccc1)C(=O)Nc1ccccc1C(=O)O. The lowest BCUT2D eigenvalue weighted by molar-refractivity contribution is -0.137. The number of anilines is 2. The highest BCUT2D eigenvalue weighted by molar-refractivity contribution is 6.46. The number of rotatable bonds is 8. The van der Waals surface area contributed by atoms with Gasteiger partial charge >= 0.3 is 17.8 Å². The number of carboxylic acid groups (broad SMARTS) is 1. The Balaban J connectivity index is 1.57. The normalized spacial score (nSPS) is 11.3. The smallest absolute Gasteiger partial charge is 0.337 e. The van der Waals surface area contributed by atoms with Crippen molar-refractivity contribution in [2.24, 2.45) is 0 Å². The van der Waals surface area contributed by atoms with Crippen molar-refractivity contribution < 1.29 is 24.3 Å². The molecule has 0 saturated heterocycles. The molecule has 0 spiro atoms. The van der Waals surface area contributed by atoms with Gasteiger partial charge < -0.3 is 21.1 Å². The van der Waals surface area contributed by atoms with Gasteiger partial charge in [0.15, 0.2) is 0 Å². The molecule has 0 bridgehead atoms. The monoisotopic (exact) mass is 567 g/mol. The molecule has 0 aliphatic rings. The molecule has 0 radical (unpaired) electrons. The lowest BCUT2D eigenvalue weighted by atomic mass is 10.0. The average Bonchev–Trinajstić information content (AvgIpc) is 3.46. The van der Waals surface area contributed by atoms with Gasteiger partial charge in [0, 0.05) is 6.42 Å². The number of nitrogens with one attached hydrogen (secondary N) is 3. The van der Waals surface area contributed by atoms with Crippen molar-refractivity contribution in [2.75, 3.05) is 10.6 Å². The highest BCUT2D eigenvalue weighted by Gasteiger charge is 2.27. The van der Waals surface area contributed by atoms with Crippen molar-refractivity contribution in [3.8, 4) is 5.69 Å². The van der Waals surface area contributed by atoms with Crippen LogP contribution < -0.4 is 16.0 Å². The number of halogens is 2. The minimum Gasteiger partial charge on any atom is -0.478 e. The van der Waals surface area contributed by atoms with Crippen molar-refractivity contribution in [1.82, 2.24) is 25.5 Å². The number of benzene rings is 3. The Hall–Kier alpha value is -4.81. The lowest BCUT2D eigenvalue weighted by Crippen LogP contribution is -2.49. The van der Waals surface area contributed by atoms with E-state index >= 15 is 0 Å². The van der Waals surface area contributed by atoms with E-state index in [1.54, 1.807) is 36.4 Å². The topological polar surface area (TPSA) is 168 Å². The number of hydrogen-bond donors (Lipinski definition) is 4. The predicted molar refractivity (Wildman–Crippen MR) is 142 cm³/mol. The largest absolute Gasteiger partial charge is 0.478 e. The van der Waals surface area contributed by atoms with E-state index in [1.165, 1.54) is 41.3 Å². The molecule has 4 N–H and O–H groups in total. The number of nitrogens with zero attached hydrogens (tertiary/aromatic N) is 4. The summed E-state index contributed by atoms with van der Waals surface area (Å²) in [5.41, 5.74) is 0.780. The zero-order valence-electron chi connectivity index (χ0n) is 19.8. The zero-order valence-corrected chi connectivity index (χ0v) is 21.3. The number of amides is 3. The van der Waals surface area contributed by atoms with E-state index in [-0.39, 0.29) is 39.1 Å². The Kier molecular flexibility index (Phi) is 8.49. The maximum Gasteiger partial charge on any atom is 0.337 e. The molecular formula is C25H19Cl2N7O5. The summed E-state index contributed by atoms with van der Waals surface area (Å²) in [6.07, 6.45) is 1.26. The molecule has 3 amide bonds. The van der Waals surface area contributed by atoms with E-state index in [0.29, 0.717) is 5.56 Å². The van der Waals surface area contributed by atoms with Crippen molar-refractivity contribution in [2.45, 2.75) is 12.5 Å². The van der Waals surface area contributed by atoms with Gasteiger partial charge in [0.1, 0.15) is 12.4 Å². The highest BCUT2D eigenvalue weighted by Crippen LogP contribution is 2.34. The number of aromatic carboxylic acids is 1. The molecule has 1 atom stereocenters. The van der Waals surface area contributed by atoms with Crippen LogP contribution in [0.15, 0.2) is 73.1 Å². The molecule has 3 aromatic carbocycles. The van der Waals surface area contributed by atoms with E-state index in [9.17, 15) is 24.3 Å². The maximum atomic E-state index is 13.2. The number of tetrazole rings is 1. The molecule has 1 heterocycles. The van der Waals surface area contributed by atoms with Crippen molar-refractivity contribution in [1.29, 1.82) is 0 Å². The standard InChI is InChI=1S/C25H19Cl2N7O5/c26-16-10-11-19(34-13-28-32-33-34)21(20(16)27)31-24(37)23(36)30-18(12-14-6-2-1-3-7-14)22(35)29-17-9-5-4-8-15(17)25(38)39/h1-11,13,18H,12H2,(H,29,35)(H,30,36)(H,31,37)(H,38,39). The fourth-order valence-electron chi connectivity index (χ4n) is 3.57. The van der Waals surface area contributed by atoms with Crippen LogP contribution in [0.1, 0.15) is 15.9 Å². The zero-order chi connectivity index (χ0) is 27.9. The van der Waals surface area contributed by atoms with Gasteiger partial charge in [0.2, 0.25) is 5.91 Å². The van der Waals surface area contributed by atoms with Gasteiger partial charge in [-0.3, -0.25) is 14.4 Å². The molecule has 12 nitrogen and oxygen atoms in total. The predicted octanol–water partition coefficient (Wildman–Crippen LogP) is 2.97.